The van der Waals surface area contributed by atoms with Crippen LogP contribution in [-0.4, -0.2) is 42.9 Å². The molecule has 0 N–H and O–H groups in total. The number of amides is 1. The molecule has 23 heavy (non-hydrogen) atoms. The summed E-state index contributed by atoms with van der Waals surface area (Å²) in [5, 5.41) is 8.46. The van der Waals surface area contributed by atoms with Crippen molar-refractivity contribution >= 4 is 22.0 Å². The number of hydrogen-bond acceptors (Lipinski definition) is 5. The number of aromatic nitrogens is 4. The normalized spacial score (nSPS) is 14.5. The van der Waals surface area contributed by atoms with E-state index in [1.165, 1.54) is 0 Å². The van der Waals surface area contributed by atoms with Crippen molar-refractivity contribution in [3.63, 3.8) is 0 Å². The first kappa shape index (κ1) is 15.9. The zero-order valence-corrected chi connectivity index (χ0v) is 14.9. The van der Waals surface area contributed by atoms with Gasteiger partial charge in [-0.3, -0.25) is 9.88 Å². The zero-order valence-electron chi connectivity index (χ0n) is 13.3. The molecule has 3 rings (SSSR count). The molecule has 0 aliphatic carbocycles. The molecule has 0 spiro atoms. The van der Waals surface area contributed by atoms with Gasteiger partial charge >= 0.3 is 6.09 Å². The fourth-order valence-corrected chi connectivity index (χ4v) is 2.75. The Hall–Kier alpha value is -1.96. The van der Waals surface area contributed by atoms with Crippen LogP contribution in [0.15, 0.2) is 22.9 Å². The van der Waals surface area contributed by atoms with Crippen molar-refractivity contribution in [1.29, 1.82) is 0 Å². The van der Waals surface area contributed by atoms with Gasteiger partial charge in [-0.1, -0.05) is 0 Å². The van der Waals surface area contributed by atoms with Crippen LogP contribution in [0.25, 0.3) is 11.4 Å². The van der Waals surface area contributed by atoms with Crippen molar-refractivity contribution in [2.75, 3.05) is 6.54 Å². The number of rotatable bonds is 1. The van der Waals surface area contributed by atoms with E-state index in [2.05, 4.69) is 31.1 Å². The maximum Gasteiger partial charge on any atom is 0.410 e. The summed E-state index contributed by atoms with van der Waals surface area (Å²) < 4.78 is 8.32. The van der Waals surface area contributed by atoms with E-state index in [4.69, 9.17) is 4.74 Å². The lowest BCUT2D eigenvalue weighted by molar-refractivity contribution is 0.0196. The molecule has 3 heterocycles. The Morgan fingerprint density at radius 1 is 1.26 bits per heavy atom. The molecule has 8 heteroatoms. The summed E-state index contributed by atoms with van der Waals surface area (Å²) in [6.07, 6.45) is 3.15. The predicted octanol–water partition coefficient (Wildman–Crippen LogP) is 2.85. The number of pyridine rings is 1. The van der Waals surface area contributed by atoms with E-state index in [1.54, 1.807) is 17.3 Å². The van der Waals surface area contributed by atoms with Crippen LogP contribution in [0.1, 0.15) is 26.6 Å². The maximum atomic E-state index is 12.2. The number of carbonyl (C=O) groups is 1. The van der Waals surface area contributed by atoms with Crippen LogP contribution < -0.4 is 0 Å². The van der Waals surface area contributed by atoms with Crippen LogP contribution >= 0.6 is 15.9 Å². The van der Waals surface area contributed by atoms with Crippen molar-refractivity contribution in [1.82, 2.24) is 24.6 Å². The van der Waals surface area contributed by atoms with Gasteiger partial charge in [-0.25, -0.2) is 4.79 Å². The first-order valence-electron chi connectivity index (χ1n) is 7.34. The quantitative estimate of drug-likeness (QED) is 0.761. The second-order valence-corrected chi connectivity index (χ2v) is 7.30. The molecule has 7 nitrogen and oxygen atoms in total. The summed E-state index contributed by atoms with van der Waals surface area (Å²) in [7, 11) is 0. The van der Waals surface area contributed by atoms with Gasteiger partial charge in [0.2, 0.25) is 0 Å². The van der Waals surface area contributed by atoms with Crippen LogP contribution in [-0.2, 0) is 17.8 Å². The SMILES string of the molecule is CC(C)(C)OC(=O)N1CCn2c(nnc2-c2cncc(Br)c2)C1. The Kier molecular flexibility index (Phi) is 4.09. The van der Waals surface area contributed by atoms with Gasteiger partial charge in [0.15, 0.2) is 11.6 Å². The minimum atomic E-state index is -0.505. The van der Waals surface area contributed by atoms with E-state index in [-0.39, 0.29) is 6.09 Å². The lowest BCUT2D eigenvalue weighted by Crippen LogP contribution is -2.41. The molecule has 2 aromatic rings. The molecular formula is C15H18BrN5O2. The topological polar surface area (TPSA) is 73.1 Å². The van der Waals surface area contributed by atoms with Gasteiger partial charge in [0.1, 0.15) is 5.60 Å². The minimum Gasteiger partial charge on any atom is -0.444 e. The van der Waals surface area contributed by atoms with E-state index in [0.717, 1.165) is 21.7 Å². The van der Waals surface area contributed by atoms with Crippen molar-refractivity contribution < 1.29 is 9.53 Å². The first-order valence-corrected chi connectivity index (χ1v) is 8.14. The van der Waals surface area contributed by atoms with Gasteiger partial charge < -0.3 is 9.30 Å². The van der Waals surface area contributed by atoms with Crippen LogP contribution in [0.5, 0.6) is 0 Å². The van der Waals surface area contributed by atoms with Gasteiger partial charge in [0.25, 0.3) is 0 Å². The number of nitrogens with zero attached hydrogens (tertiary/aromatic N) is 5. The lowest BCUT2D eigenvalue weighted by Gasteiger charge is -2.30. The van der Waals surface area contributed by atoms with E-state index in [1.807, 2.05) is 31.4 Å². The summed E-state index contributed by atoms with van der Waals surface area (Å²) in [6.45, 7) is 7.16. The molecule has 1 aliphatic heterocycles. The Morgan fingerprint density at radius 2 is 2.04 bits per heavy atom. The highest BCUT2D eigenvalue weighted by molar-refractivity contribution is 9.10. The van der Waals surface area contributed by atoms with Crippen molar-refractivity contribution in [3.8, 4) is 11.4 Å². The standard InChI is InChI=1S/C15H18BrN5O2/c1-15(2,3)23-14(22)20-4-5-21-12(9-20)18-19-13(21)10-6-11(16)8-17-7-10/h6-8H,4-5,9H2,1-3H3. The first-order chi connectivity index (χ1) is 10.8. The molecule has 0 fully saturated rings. The van der Waals surface area contributed by atoms with Gasteiger partial charge in [0.05, 0.1) is 6.54 Å². The van der Waals surface area contributed by atoms with E-state index in [0.29, 0.717) is 19.6 Å². The highest BCUT2D eigenvalue weighted by Gasteiger charge is 2.28. The fourth-order valence-electron chi connectivity index (χ4n) is 2.39. The molecule has 1 amide bonds. The third-order valence-corrected chi connectivity index (χ3v) is 3.80. The minimum absolute atomic E-state index is 0.322. The average Bonchev–Trinajstić information content (AvgIpc) is 2.88. The lowest BCUT2D eigenvalue weighted by atomic mass is 10.2. The molecule has 1 aliphatic rings. The molecule has 122 valence electrons. The van der Waals surface area contributed by atoms with Crippen molar-refractivity contribution in [3.05, 3.63) is 28.8 Å². The third kappa shape index (κ3) is 3.52. The number of halogens is 1. The molecular weight excluding hydrogens is 362 g/mol. The highest BCUT2D eigenvalue weighted by Crippen LogP contribution is 2.24. The highest BCUT2D eigenvalue weighted by atomic mass is 79.9. The predicted molar refractivity (Wildman–Crippen MR) is 87.6 cm³/mol. The van der Waals surface area contributed by atoms with E-state index < -0.39 is 5.60 Å². The van der Waals surface area contributed by atoms with Crippen LogP contribution in [0, 0.1) is 0 Å². The maximum absolute atomic E-state index is 12.2. The van der Waals surface area contributed by atoms with Crippen LogP contribution in [0.4, 0.5) is 4.79 Å². The number of ether oxygens (including phenoxy) is 1. The van der Waals surface area contributed by atoms with Gasteiger partial charge in [0, 0.05) is 35.5 Å². The molecule has 0 saturated carbocycles. The summed E-state index contributed by atoms with van der Waals surface area (Å²) in [5.74, 6) is 1.51. The second kappa shape index (κ2) is 5.92. The number of fused-ring (bicyclic) bond motifs is 1. The van der Waals surface area contributed by atoms with E-state index in [9.17, 15) is 4.79 Å². The van der Waals surface area contributed by atoms with Crippen LogP contribution in [0.3, 0.4) is 0 Å². The molecule has 0 unspecified atom stereocenters. The zero-order chi connectivity index (χ0) is 16.6. The van der Waals surface area contributed by atoms with E-state index >= 15 is 0 Å². The Labute approximate surface area is 142 Å². The fraction of sp³-hybridized carbons (Fsp3) is 0.467. The summed E-state index contributed by atoms with van der Waals surface area (Å²) in [5.41, 5.74) is 0.388. The Bertz CT molecular complexity index is 738. The molecule has 0 aromatic carbocycles. The summed E-state index contributed by atoms with van der Waals surface area (Å²) in [6, 6.07) is 1.95. The molecule has 0 radical (unpaired) electrons. The number of hydrogen-bond donors (Lipinski definition) is 0. The van der Waals surface area contributed by atoms with Crippen molar-refractivity contribution in [2.45, 2.75) is 39.5 Å². The summed E-state index contributed by atoms with van der Waals surface area (Å²) >= 11 is 3.41. The Balaban J connectivity index is 1.80. The monoisotopic (exact) mass is 379 g/mol. The number of carbonyl (C=O) groups excluding carboxylic acids is 1. The van der Waals surface area contributed by atoms with Crippen molar-refractivity contribution in [2.24, 2.45) is 0 Å². The average molecular weight is 380 g/mol. The molecule has 0 saturated heterocycles. The largest absolute Gasteiger partial charge is 0.444 e. The van der Waals surface area contributed by atoms with Gasteiger partial charge in [-0.05, 0) is 42.8 Å². The molecule has 0 bridgehead atoms. The van der Waals surface area contributed by atoms with Gasteiger partial charge in [-0.2, -0.15) is 0 Å². The smallest absolute Gasteiger partial charge is 0.410 e. The van der Waals surface area contributed by atoms with Crippen LogP contribution in [0.2, 0.25) is 0 Å². The Morgan fingerprint density at radius 3 is 2.74 bits per heavy atom. The second-order valence-electron chi connectivity index (χ2n) is 6.39. The van der Waals surface area contributed by atoms with Gasteiger partial charge in [-0.15, -0.1) is 10.2 Å². The third-order valence-electron chi connectivity index (χ3n) is 3.37. The molecule has 2 aromatic heterocycles. The summed E-state index contributed by atoms with van der Waals surface area (Å²) in [4.78, 5) is 18.0. The molecule has 0 atom stereocenters.